The van der Waals surface area contributed by atoms with Gasteiger partial charge in [-0.1, -0.05) is 48.5 Å². The number of nitrogens with one attached hydrogen (secondary N) is 1. The van der Waals surface area contributed by atoms with Gasteiger partial charge in [0.2, 0.25) is 0 Å². The van der Waals surface area contributed by atoms with Gasteiger partial charge in [-0.05, 0) is 23.8 Å². The highest BCUT2D eigenvalue weighted by Crippen LogP contribution is 2.24. The molecule has 0 aliphatic heterocycles. The van der Waals surface area contributed by atoms with Gasteiger partial charge >= 0.3 is 0 Å². The van der Waals surface area contributed by atoms with E-state index in [1.54, 1.807) is 30.3 Å². The molecule has 0 fully saturated rings. The molecule has 0 heterocycles. The number of carbonyl (C=O) groups excluding carboxylic acids is 1. The number of carbonyl (C=O) groups is 1. The second-order valence-electron chi connectivity index (χ2n) is 6.36. The number of nitro benzene ring substituents is 1. The van der Waals surface area contributed by atoms with E-state index in [0.717, 1.165) is 23.8 Å². The Morgan fingerprint density at radius 1 is 1.13 bits per heavy atom. The third-order valence-electron chi connectivity index (χ3n) is 4.23. The predicted octanol–water partition coefficient (Wildman–Crippen LogP) is 4.86. The zero-order chi connectivity index (χ0) is 22.2. The van der Waals surface area contributed by atoms with Crippen molar-refractivity contribution >= 4 is 23.4 Å². The Morgan fingerprint density at radius 2 is 1.84 bits per heavy atom. The summed E-state index contributed by atoms with van der Waals surface area (Å²) in [5.74, 6) is -1.31. The third-order valence-corrected chi connectivity index (χ3v) is 4.23. The lowest BCUT2D eigenvalue weighted by molar-refractivity contribution is -0.384. The van der Waals surface area contributed by atoms with Crippen molar-refractivity contribution in [2.45, 2.75) is 6.61 Å². The molecule has 8 heteroatoms. The van der Waals surface area contributed by atoms with Crippen LogP contribution in [-0.4, -0.2) is 10.8 Å². The van der Waals surface area contributed by atoms with Crippen molar-refractivity contribution in [2.75, 3.05) is 5.32 Å². The third kappa shape index (κ3) is 5.52. The number of nitriles is 1. The molecule has 1 amide bonds. The fourth-order valence-corrected chi connectivity index (χ4v) is 2.68. The smallest absolute Gasteiger partial charge is 0.271 e. The van der Waals surface area contributed by atoms with Crippen LogP contribution in [0.3, 0.4) is 0 Å². The summed E-state index contributed by atoms with van der Waals surface area (Å²) in [6, 6.07) is 20.8. The number of nitro groups is 1. The molecule has 0 unspecified atom stereocenters. The molecule has 0 saturated heterocycles. The van der Waals surface area contributed by atoms with Gasteiger partial charge in [-0.2, -0.15) is 5.26 Å². The molecule has 0 aliphatic rings. The van der Waals surface area contributed by atoms with Gasteiger partial charge in [-0.3, -0.25) is 14.9 Å². The molecule has 3 aromatic rings. The van der Waals surface area contributed by atoms with Crippen LogP contribution in [0.4, 0.5) is 15.8 Å². The minimum absolute atomic E-state index is 0.290. The van der Waals surface area contributed by atoms with Gasteiger partial charge in [0.15, 0.2) is 0 Å². The average Bonchev–Trinajstić information content (AvgIpc) is 2.78. The summed E-state index contributed by atoms with van der Waals surface area (Å²) in [6.45, 7) is 0.290. The molecule has 1 N–H and O–H groups in total. The first-order valence-electron chi connectivity index (χ1n) is 9.11. The van der Waals surface area contributed by atoms with Crippen molar-refractivity contribution in [3.63, 3.8) is 0 Å². The average molecular weight is 417 g/mol. The largest absolute Gasteiger partial charge is 0.488 e. The molecule has 0 atom stereocenters. The molecule has 0 saturated carbocycles. The van der Waals surface area contributed by atoms with Crippen LogP contribution in [0.2, 0.25) is 0 Å². The number of benzene rings is 3. The number of anilines is 1. The maximum absolute atomic E-state index is 14.0. The fourth-order valence-electron chi connectivity index (χ4n) is 2.68. The summed E-state index contributed by atoms with van der Waals surface area (Å²) < 4.78 is 19.8. The Bertz CT molecular complexity index is 1190. The molecular formula is C23H16FN3O4. The highest BCUT2D eigenvalue weighted by molar-refractivity contribution is 6.10. The Balaban J connectivity index is 1.82. The lowest BCUT2D eigenvalue weighted by Gasteiger charge is -2.10. The number of halogens is 1. The van der Waals surface area contributed by atoms with E-state index in [4.69, 9.17) is 4.74 Å². The highest BCUT2D eigenvalue weighted by Gasteiger charge is 2.16. The number of non-ortho nitro benzene ring substituents is 1. The van der Waals surface area contributed by atoms with Gasteiger partial charge in [0.05, 0.1) is 10.6 Å². The van der Waals surface area contributed by atoms with E-state index in [2.05, 4.69) is 5.32 Å². The molecule has 3 rings (SSSR count). The Hall–Kier alpha value is -4.51. The van der Waals surface area contributed by atoms with Crippen molar-refractivity contribution in [3.8, 4) is 11.8 Å². The number of ether oxygens (including phenoxy) is 1. The van der Waals surface area contributed by atoms with E-state index in [1.807, 2.05) is 30.3 Å². The lowest BCUT2D eigenvalue weighted by Crippen LogP contribution is -2.14. The van der Waals surface area contributed by atoms with Crippen LogP contribution in [0, 0.1) is 27.3 Å². The Labute approximate surface area is 177 Å². The number of rotatable bonds is 7. The van der Waals surface area contributed by atoms with Crippen molar-refractivity contribution in [1.82, 2.24) is 0 Å². The molecule has 0 spiro atoms. The van der Waals surface area contributed by atoms with E-state index >= 15 is 0 Å². The summed E-state index contributed by atoms with van der Waals surface area (Å²) >= 11 is 0. The van der Waals surface area contributed by atoms with Crippen LogP contribution in [0.1, 0.15) is 11.1 Å². The van der Waals surface area contributed by atoms with Gasteiger partial charge in [-0.15, -0.1) is 0 Å². The van der Waals surface area contributed by atoms with Crippen LogP contribution >= 0.6 is 0 Å². The van der Waals surface area contributed by atoms with Gasteiger partial charge < -0.3 is 10.1 Å². The van der Waals surface area contributed by atoms with E-state index < -0.39 is 22.3 Å². The number of para-hydroxylation sites is 1. The van der Waals surface area contributed by atoms with Gasteiger partial charge in [0, 0.05) is 17.7 Å². The van der Waals surface area contributed by atoms with Crippen molar-refractivity contribution in [1.29, 1.82) is 5.26 Å². The maximum atomic E-state index is 14.0. The van der Waals surface area contributed by atoms with Crippen molar-refractivity contribution in [2.24, 2.45) is 0 Å². The Morgan fingerprint density at radius 3 is 2.55 bits per heavy atom. The summed E-state index contributed by atoms with van der Waals surface area (Å²) in [4.78, 5) is 22.7. The van der Waals surface area contributed by atoms with Crippen LogP contribution in [0.5, 0.6) is 5.75 Å². The number of nitrogens with zero attached hydrogens (tertiary/aromatic N) is 2. The second kappa shape index (κ2) is 9.80. The SMILES string of the molecule is N#C/C(=C\c1ccccc1OCc1ccccc1)C(=O)Nc1cc([N+](=O)[O-])ccc1F. The van der Waals surface area contributed by atoms with Crippen molar-refractivity contribution < 1.29 is 18.8 Å². The van der Waals surface area contributed by atoms with Crippen LogP contribution < -0.4 is 10.1 Å². The second-order valence-corrected chi connectivity index (χ2v) is 6.36. The van der Waals surface area contributed by atoms with Gasteiger partial charge in [0.25, 0.3) is 11.6 Å². The molecule has 0 aromatic heterocycles. The van der Waals surface area contributed by atoms with E-state index in [-0.39, 0.29) is 11.3 Å². The molecule has 154 valence electrons. The molecule has 0 radical (unpaired) electrons. The minimum Gasteiger partial charge on any atom is -0.488 e. The molecule has 31 heavy (non-hydrogen) atoms. The number of hydrogen-bond acceptors (Lipinski definition) is 5. The first kappa shape index (κ1) is 21.2. The number of hydrogen-bond donors (Lipinski definition) is 1. The highest BCUT2D eigenvalue weighted by atomic mass is 19.1. The molecule has 0 bridgehead atoms. The topological polar surface area (TPSA) is 105 Å². The predicted molar refractivity (Wildman–Crippen MR) is 112 cm³/mol. The monoisotopic (exact) mass is 417 g/mol. The molecule has 0 aliphatic carbocycles. The van der Waals surface area contributed by atoms with Gasteiger partial charge in [-0.25, -0.2) is 4.39 Å². The summed E-state index contributed by atoms with van der Waals surface area (Å²) in [6.07, 6.45) is 1.31. The van der Waals surface area contributed by atoms with Gasteiger partial charge in [0.1, 0.15) is 29.8 Å². The lowest BCUT2D eigenvalue weighted by atomic mass is 10.1. The summed E-state index contributed by atoms with van der Waals surface area (Å²) in [7, 11) is 0. The first-order valence-corrected chi connectivity index (χ1v) is 9.11. The standard InChI is InChI=1S/C23H16FN3O4/c24-20-11-10-19(27(29)30)13-21(20)26-23(28)18(14-25)12-17-8-4-5-9-22(17)31-15-16-6-2-1-3-7-16/h1-13H,15H2,(H,26,28)/b18-12+. The summed E-state index contributed by atoms with van der Waals surface area (Å²) in [5, 5.41) is 22.5. The zero-order valence-electron chi connectivity index (χ0n) is 16.1. The number of amides is 1. The quantitative estimate of drug-likeness (QED) is 0.256. The Kier molecular flexibility index (Phi) is 6.71. The van der Waals surface area contributed by atoms with Crippen molar-refractivity contribution in [3.05, 3.63) is 105 Å². The molecule has 7 nitrogen and oxygen atoms in total. The van der Waals surface area contributed by atoms with Crippen LogP contribution in [-0.2, 0) is 11.4 Å². The fraction of sp³-hybridized carbons (Fsp3) is 0.0435. The van der Waals surface area contributed by atoms with Crippen LogP contribution in [0.15, 0.2) is 78.4 Å². The normalized spacial score (nSPS) is 10.8. The minimum atomic E-state index is -0.903. The summed E-state index contributed by atoms with van der Waals surface area (Å²) in [5.41, 5.74) is 0.319. The first-order chi connectivity index (χ1) is 15.0. The van der Waals surface area contributed by atoms with E-state index in [0.29, 0.717) is 17.9 Å². The zero-order valence-corrected chi connectivity index (χ0v) is 16.1. The van der Waals surface area contributed by atoms with Crippen LogP contribution in [0.25, 0.3) is 6.08 Å². The molecule has 3 aromatic carbocycles. The van der Waals surface area contributed by atoms with E-state index in [1.165, 1.54) is 6.08 Å². The van der Waals surface area contributed by atoms with E-state index in [9.17, 15) is 24.6 Å². The molecular weight excluding hydrogens is 401 g/mol. The maximum Gasteiger partial charge on any atom is 0.271 e.